The van der Waals surface area contributed by atoms with Crippen LogP contribution in [0.2, 0.25) is 0 Å². The molecule has 0 aliphatic heterocycles. The Bertz CT molecular complexity index is 436. The molecular weight excluding hydrogens is 221 g/mol. The molecule has 0 saturated heterocycles. The molecule has 7 heteroatoms. The van der Waals surface area contributed by atoms with Crippen LogP contribution in [-0.4, -0.2) is 28.8 Å². The van der Waals surface area contributed by atoms with Gasteiger partial charge in [-0.15, -0.1) is 0 Å². The Morgan fingerprint density at radius 1 is 1.56 bits per heavy atom. The van der Waals surface area contributed by atoms with E-state index in [1.165, 1.54) is 6.20 Å². The van der Waals surface area contributed by atoms with Crippen molar-refractivity contribution in [3.05, 3.63) is 24.2 Å². The van der Waals surface area contributed by atoms with Crippen molar-refractivity contribution in [2.75, 3.05) is 14.1 Å². The number of hydrogen-bond donors (Lipinski definition) is 0. The number of hydrogen-bond acceptors (Lipinski definition) is 3. The highest BCUT2D eigenvalue weighted by atomic mass is 19.4. The number of halogens is 3. The number of nitrogens with zero attached hydrogens (tertiary/aromatic N) is 4. The highest BCUT2D eigenvalue weighted by Crippen LogP contribution is 2.27. The summed E-state index contributed by atoms with van der Waals surface area (Å²) >= 11 is 0. The molecule has 0 amide bonds. The van der Waals surface area contributed by atoms with Crippen LogP contribution in [0.5, 0.6) is 0 Å². The van der Waals surface area contributed by atoms with Crippen molar-refractivity contribution in [3.8, 4) is 6.07 Å². The highest BCUT2D eigenvalue weighted by molar-refractivity contribution is 5.58. The van der Waals surface area contributed by atoms with Gasteiger partial charge in [-0.2, -0.15) is 23.5 Å². The van der Waals surface area contributed by atoms with Crippen molar-refractivity contribution in [3.63, 3.8) is 0 Å². The van der Waals surface area contributed by atoms with Gasteiger partial charge < -0.3 is 4.90 Å². The number of allylic oxidation sites excluding steroid dienone is 1. The standard InChI is InChI=1S/C9H9F3N4/c1-15(2)6-7(5-13)16-4-3-8(14-16)9(10,11)12/h3-4,6H,1-2H3/b7-6+. The van der Waals surface area contributed by atoms with E-state index in [0.29, 0.717) is 0 Å². The summed E-state index contributed by atoms with van der Waals surface area (Å²) in [5.41, 5.74) is -1.01. The molecule has 16 heavy (non-hydrogen) atoms. The van der Waals surface area contributed by atoms with Crippen molar-refractivity contribution in [2.45, 2.75) is 6.18 Å². The third kappa shape index (κ3) is 2.76. The van der Waals surface area contributed by atoms with Gasteiger partial charge >= 0.3 is 6.18 Å². The van der Waals surface area contributed by atoms with Gasteiger partial charge in [0.25, 0.3) is 0 Å². The molecule has 0 aromatic carbocycles. The molecule has 0 radical (unpaired) electrons. The van der Waals surface area contributed by atoms with E-state index in [-0.39, 0.29) is 5.70 Å². The molecule has 0 saturated carbocycles. The lowest BCUT2D eigenvalue weighted by Gasteiger charge is -2.06. The molecule has 0 spiro atoms. The summed E-state index contributed by atoms with van der Waals surface area (Å²) in [5, 5.41) is 12.0. The molecule has 0 bridgehead atoms. The van der Waals surface area contributed by atoms with Gasteiger partial charge in [0.05, 0.1) is 0 Å². The topological polar surface area (TPSA) is 44.9 Å². The van der Waals surface area contributed by atoms with Crippen molar-refractivity contribution in [1.29, 1.82) is 5.26 Å². The Hall–Kier alpha value is -1.97. The zero-order chi connectivity index (χ0) is 12.3. The predicted molar refractivity (Wildman–Crippen MR) is 50.8 cm³/mol. The minimum atomic E-state index is -4.50. The summed E-state index contributed by atoms with van der Waals surface area (Å²) in [6, 6.07) is 2.59. The molecule has 0 atom stereocenters. The van der Waals surface area contributed by atoms with Crippen molar-refractivity contribution < 1.29 is 13.2 Å². The van der Waals surface area contributed by atoms with Crippen LogP contribution in [0.4, 0.5) is 13.2 Å². The van der Waals surface area contributed by atoms with Gasteiger partial charge in [-0.3, -0.25) is 0 Å². The van der Waals surface area contributed by atoms with Crippen LogP contribution in [0.3, 0.4) is 0 Å². The predicted octanol–water partition coefficient (Wildman–Crippen LogP) is 1.79. The molecule has 0 fully saturated rings. The highest BCUT2D eigenvalue weighted by Gasteiger charge is 2.33. The third-order valence-electron chi connectivity index (χ3n) is 1.62. The lowest BCUT2D eigenvalue weighted by Crippen LogP contribution is -2.09. The monoisotopic (exact) mass is 230 g/mol. The molecule has 0 aliphatic carbocycles. The van der Waals surface area contributed by atoms with Gasteiger partial charge in [0.15, 0.2) is 11.4 Å². The molecule has 4 nitrogen and oxygen atoms in total. The van der Waals surface area contributed by atoms with E-state index in [9.17, 15) is 13.2 Å². The van der Waals surface area contributed by atoms with Crippen LogP contribution in [0.1, 0.15) is 5.69 Å². The first-order valence-electron chi connectivity index (χ1n) is 4.26. The quantitative estimate of drug-likeness (QED) is 0.727. The van der Waals surface area contributed by atoms with Crippen LogP contribution in [0.25, 0.3) is 5.70 Å². The Morgan fingerprint density at radius 3 is 2.56 bits per heavy atom. The zero-order valence-corrected chi connectivity index (χ0v) is 8.65. The summed E-state index contributed by atoms with van der Waals surface area (Å²) in [6.07, 6.45) is -2.02. The first-order valence-corrected chi connectivity index (χ1v) is 4.26. The molecule has 0 N–H and O–H groups in total. The number of rotatable bonds is 2. The van der Waals surface area contributed by atoms with E-state index in [4.69, 9.17) is 5.26 Å². The molecule has 1 aromatic rings. The van der Waals surface area contributed by atoms with Gasteiger partial charge in [-0.05, 0) is 6.07 Å². The minimum Gasteiger partial charge on any atom is -0.381 e. The van der Waals surface area contributed by atoms with Gasteiger partial charge in [0.2, 0.25) is 0 Å². The van der Waals surface area contributed by atoms with Crippen LogP contribution in [0.15, 0.2) is 18.5 Å². The summed E-state index contributed by atoms with van der Waals surface area (Å²) in [7, 11) is 3.32. The largest absolute Gasteiger partial charge is 0.435 e. The average molecular weight is 230 g/mol. The van der Waals surface area contributed by atoms with E-state index >= 15 is 0 Å². The molecular formula is C9H9F3N4. The average Bonchev–Trinajstić information content (AvgIpc) is 2.61. The first-order chi connectivity index (χ1) is 7.34. The van der Waals surface area contributed by atoms with E-state index in [1.807, 2.05) is 0 Å². The Morgan fingerprint density at radius 2 is 2.19 bits per heavy atom. The summed E-state index contributed by atoms with van der Waals surface area (Å²) in [5.74, 6) is 0. The SMILES string of the molecule is CN(C)/C=C(\C#N)n1ccc(C(F)(F)F)n1. The smallest absolute Gasteiger partial charge is 0.381 e. The maximum atomic E-state index is 12.2. The van der Waals surface area contributed by atoms with Crippen LogP contribution < -0.4 is 0 Å². The minimum absolute atomic E-state index is 0.0144. The molecule has 1 aromatic heterocycles. The van der Waals surface area contributed by atoms with Crippen molar-refractivity contribution in [2.24, 2.45) is 0 Å². The lowest BCUT2D eigenvalue weighted by molar-refractivity contribution is -0.141. The van der Waals surface area contributed by atoms with Crippen LogP contribution in [-0.2, 0) is 6.18 Å². The lowest BCUT2D eigenvalue weighted by atomic mass is 10.4. The normalized spacial score (nSPS) is 12.4. The van der Waals surface area contributed by atoms with E-state index in [0.717, 1.165) is 16.9 Å². The number of aromatic nitrogens is 2. The Balaban J connectivity index is 3.07. The van der Waals surface area contributed by atoms with E-state index in [2.05, 4.69) is 5.10 Å². The second-order valence-electron chi connectivity index (χ2n) is 3.23. The zero-order valence-electron chi connectivity index (χ0n) is 8.65. The summed E-state index contributed by atoms with van der Waals surface area (Å²) < 4.78 is 37.6. The van der Waals surface area contributed by atoms with Crippen LogP contribution in [0, 0.1) is 11.3 Å². The third-order valence-corrected chi connectivity index (χ3v) is 1.62. The summed E-state index contributed by atoms with van der Waals surface area (Å²) in [4.78, 5) is 1.55. The second kappa shape index (κ2) is 4.26. The van der Waals surface area contributed by atoms with E-state index < -0.39 is 11.9 Å². The fraction of sp³-hybridized carbons (Fsp3) is 0.333. The summed E-state index contributed by atoms with van der Waals surface area (Å²) in [6.45, 7) is 0. The second-order valence-corrected chi connectivity index (χ2v) is 3.23. The molecule has 0 aliphatic rings. The van der Waals surface area contributed by atoms with Gasteiger partial charge in [-0.25, -0.2) is 4.68 Å². The number of alkyl halides is 3. The van der Waals surface area contributed by atoms with Gasteiger partial charge in [-0.1, -0.05) is 0 Å². The van der Waals surface area contributed by atoms with E-state index in [1.54, 1.807) is 25.1 Å². The van der Waals surface area contributed by atoms with Crippen molar-refractivity contribution in [1.82, 2.24) is 14.7 Å². The fourth-order valence-electron chi connectivity index (χ4n) is 0.993. The molecule has 1 heterocycles. The Kier molecular flexibility index (Phi) is 3.22. The van der Waals surface area contributed by atoms with Gasteiger partial charge in [0.1, 0.15) is 6.07 Å². The molecule has 1 rings (SSSR count). The van der Waals surface area contributed by atoms with Crippen LogP contribution >= 0.6 is 0 Å². The van der Waals surface area contributed by atoms with Gasteiger partial charge in [0, 0.05) is 26.5 Å². The maximum Gasteiger partial charge on any atom is 0.435 e. The molecule has 0 unspecified atom stereocenters. The molecule has 86 valence electrons. The fourth-order valence-corrected chi connectivity index (χ4v) is 0.993. The first kappa shape index (κ1) is 12.1. The van der Waals surface area contributed by atoms with Crippen molar-refractivity contribution >= 4 is 5.70 Å². The Labute approximate surface area is 90.2 Å². The maximum absolute atomic E-state index is 12.2. The number of nitriles is 1.